The third-order valence-electron chi connectivity index (χ3n) is 3.91. The quantitative estimate of drug-likeness (QED) is 0.729. The number of hydrogen-bond donors (Lipinski definition) is 0. The number of aromatic nitrogens is 1. The smallest absolute Gasteiger partial charge is 0.165 e. The molecule has 1 aliphatic carbocycles. The van der Waals surface area contributed by atoms with Crippen molar-refractivity contribution in [3.63, 3.8) is 0 Å². The van der Waals surface area contributed by atoms with Crippen LogP contribution in [0.4, 0.5) is 0 Å². The molecule has 0 unspecified atom stereocenters. The summed E-state index contributed by atoms with van der Waals surface area (Å²) in [5.41, 5.74) is 2.37. The Morgan fingerprint density at radius 2 is 2.05 bits per heavy atom. The number of aryl methyl sites for hydroxylation is 1. The minimum Gasteiger partial charge on any atom is -0.351 e. The lowest BCUT2D eigenvalue weighted by molar-refractivity contribution is 0.0910. The van der Waals surface area contributed by atoms with Gasteiger partial charge in [0.05, 0.1) is 0 Å². The van der Waals surface area contributed by atoms with Gasteiger partial charge in [-0.15, -0.1) is 0 Å². The zero-order chi connectivity index (χ0) is 13.9. The van der Waals surface area contributed by atoms with Gasteiger partial charge >= 0.3 is 0 Å². The van der Waals surface area contributed by atoms with Gasteiger partial charge in [-0.25, -0.2) is 0 Å². The molecule has 1 heterocycles. The maximum absolute atomic E-state index is 12.1. The molecule has 0 radical (unpaired) electrons. The summed E-state index contributed by atoms with van der Waals surface area (Å²) in [4.78, 5) is 12.1. The fraction of sp³-hybridized carbons (Fsp3) is 0.688. The number of Topliss-reactive ketones (excluding diaryl/α,β-unsaturated/α-hetero) is 1. The van der Waals surface area contributed by atoms with Crippen LogP contribution in [0, 0.1) is 5.41 Å². The normalized spacial score (nSPS) is 17.5. The van der Waals surface area contributed by atoms with Crippen molar-refractivity contribution < 1.29 is 4.79 Å². The lowest BCUT2D eigenvalue weighted by atomic mass is 9.76. The van der Waals surface area contributed by atoms with Gasteiger partial charge in [-0.05, 0) is 42.8 Å². The Morgan fingerprint density at radius 3 is 2.79 bits per heavy atom. The molecule has 19 heavy (non-hydrogen) atoms. The predicted molar refractivity (Wildman–Crippen MR) is 83.1 cm³/mol. The maximum Gasteiger partial charge on any atom is 0.165 e. The molecule has 0 saturated carbocycles. The monoisotopic (exact) mass is 279 g/mol. The number of fused-ring (bicyclic) bond motifs is 1. The van der Waals surface area contributed by atoms with E-state index in [2.05, 4.69) is 30.9 Å². The van der Waals surface area contributed by atoms with Crippen LogP contribution in [0.25, 0.3) is 0 Å². The number of unbranched alkanes of at least 4 members (excludes halogenated alkanes) is 2. The van der Waals surface area contributed by atoms with Crippen molar-refractivity contribution in [2.24, 2.45) is 5.41 Å². The molecule has 2 rings (SSSR count). The van der Waals surface area contributed by atoms with Crippen LogP contribution >= 0.6 is 11.8 Å². The van der Waals surface area contributed by atoms with Gasteiger partial charge in [0.2, 0.25) is 0 Å². The summed E-state index contributed by atoms with van der Waals surface area (Å²) >= 11 is 1.92. The van der Waals surface area contributed by atoms with E-state index in [4.69, 9.17) is 0 Å². The Balaban J connectivity index is 1.98. The first-order valence-electron chi connectivity index (χ1n) is 7.24. The SMILES string of the molecule is CSCCCCCn1ccc2c1CC(C)(C)CC2=O. The summed E-state index contributed by atoms with van der Waals surface area (Å²) in [6.07, 6.45) is 9.80. The van der Waals surface area contributed by atoms with E-state index in [-0.39, 0.29) is 5.41 Å². The van der Waals surface area contributed by atoms with Crippen molar-refractivity contribution in [2.45, 2.75) is 52.5 Å². The molecule has 0 N–H and O–H groups in total. The van der Waals surface area contributed by atoms with Crippen LogP contribution in [-0.2, 0) is 13.0 Å². The van der Waals surface area contributed by atoms with E-state index in [1.54, 1.807) is 0 Å². The van der Waals surface area contributed by atoms with Gasteiger partial charge in [0.25, 0.3) is 0 Å². The number of rotatable bonds is 6. The van der Waals surface area contributed by atoms with E-state index >= 15 is 0 Å². The zero-order valence-electron chi connectivity index (χ0n) is 12.4. The van der Waals surface area contributed by atoms with Crippen LogP contribution in [0.5, 0.6) is 0 Å². The van der Waals surface area contributed by atoms with E-state index in [1.165, 1.54) is 30.7 Å². The van der Waals surface area contributed by atoms with Crippen molar-refractivity contribution >= 4 is 17.5 Å². The number of ketones is 1. The molecule has 1 aromatic heterocycles. The minimum absolute atomic E-state index is 0.124. The molecular formula is C16H25NOS. The van der Waals surface area contributed by atoms with Gasteiger partial charge in [0.15, 0.2) is 5.78 Å². The van der Waals surface area contributed by atoms with E-state index in [0.29, 0.717) is 12.2 Å². The highest BCUT2D eigenvalue weighted by molar-refractivity contribution is 7.98. The summed E-state index contributed by atoms with van der Waals surface area (Å²) in [5, 5.41) is 0. The van der Waals surface area contributed by atoms with Gasteiger partial charge in [-0.2, -0.15) is 11.8 Å². The van der Waals surface area contributed by atoms with Crippen LogP contribution in [0.3, 0.4) is 0 Å². The van der Waals surface area contributed by atoms with Gasteiger partial charge in [0.1, 0.15) is 0 Å². The molecule has 0 bridgehead atoms. The van der Waals surface area contributed by atoms with Gasteiger partial charge < -0.3 is 4.57 Å². The van der Waals surface area contributed by atoms with Crippen molar-refractivity contribution in [3.05, 3.63) is 23.5 Å². The molecule has 2 nitrogen and oxygen atoms in total. The van der Waals surface area contributed by atoms with E-state index < -0.39 is 0 Å². The van der Waals surface area contributed by atoms with Gasteiger partial charge in [0, 0.05) is 30.4 Å². The second-order valence-electron chi connectivity index (χ2n) is 6.36. The standard InChI is InChI=1S/C16H25NOS/c1-16(2)11-14-13(15(18)12-16)7-9-17(14)8-5-4-6-10-19-3/h7,9H,4-6,8,10-12H2,1-3H3. The summed E-state index contributed by atoms with van der Waals surface area (Å²) in [6.45, 7) is 5.46. The molecule has 0 atom stereocenters. The molecule has 0 saturated heterocycles. The number of hydrogen-bond acceptors (Lipinski definition) is 2. The molecule has 0 aromatic carbocycles. The van der Waals surface area contributed by atoms with Crippen molar-refractivity contribution in [1.82, 2.24) is 4.57 Å². The molecule has 1 aliphatic rings. The molecule has 0 amide bonds. The van der Waals surface area contributed by atoms with Crippen molar-refractivity contribution in [3.8, 4) is 0 Å². The lowest BCUT2D eigenvalue weighted by Gasteiger charge is -2.29. The zero-order valence-corrected chi connectivity index (χ0v) is 13.2. The molecule has 0 aliphatic heterocycles. The molecule has 0 spiro atoms. The average Bonchev–Trinajstić information content (AvgIpc) is 2.71. The fourth-order valence-electron chi connectivity index (χ4n) is 2.92. The third-order valence-corrected chi connectivity index (χ3v) is 4.61. The van der Waals surface area contributed by atoms with Gasteiger partial charge in [-0.3, -0.25) is 4.79 Å². The molecule has 0 fully saturated rings. The Morgan fingerprint density at radius 1 is 1.26 bits per heavy atom. The largest absolute Gasteiger partial charge is 0.351 e. The molecular weight excluding hydrogens is 254 g/mol. The lowest BCUT2D eigenvalue weighted by Crippen LogP contribution is -2.28. The first kappa shape index (κ1) is 14.7. The molecule has 106 valence electrons. The Labute approximate surface area is 121 Å². The van der Waals surface area contributed by atoms with Crippen molar-refractivity contribution in [1.29, 1.82) is 0 Å². The first-order valence-corrected chi connectivity index (χ1v) is 8.63. The van der Waals surface area contributed by atoms with E-state index in [9.17, 15) is 4.79 Å². The second-order valence-corrected chi connectivity index (χ2v) is 7.35. The number of thioether (sulfide) groups is 1. The Kier molecular flexibility index (Phi) is 4.77. The summed E-state index contributed by atoms with van der Waals surface area (Å²) < 4.78 is 2.31. The highest BCUT2D eigenvalue weighted by Crippen LogP contribution is 2.35. The van der Waals surface area contributed by atoms with Crippen LogP contribution < -0.4 is 0 Å². The molecule has 1 aromatic rings. The summed E-state index contributed by atoms with van der Waals surface area (Å²) in [7, 11) is 0. The Bertz CT molecular complexity index is 448. The van der Waals surface area contributed by atoms with Crippen LogP contribution in [0.15, 0.2) is 12.3 Å². The maximum atomic E-state index is 12.1. The average molecular weight is 279 g/mol. The van der Waals surface area contributed by atoms with Gasteiger partial charge in [-0.1, -0.05) is 20.3 Å². The minimum atomic E-state index is 0.124. The topological polar surface area (TPSA) is 22.0 Å². The predicted octanol–water partition coefficient (Wildman–Crippen LogP) is 4.18. The van der Waals surface area contributed by atoms with Crippen LogP contribution in [0.1, 0.15) is 55.6 Å². The molecule has 3 heteroatoms. The highest BCUT2D eigenvalue weighted by atomic mass is 32.2. The second kappa shape index (κ2) is 6.17. The number of nitrogens with zero attached hydrogens (tertiary/aromatic N) is 1. The first-order chi connectivity index (χ1) is 9.03. The van der Waals surface area contributed by atoms with Crippen molar-refractivity contribution in [2.75, 3.05) is 12.0 Å². The van der Waals surface area contributed by atoms with E-state index in [0.717, 1.165) is 18.5 Å². The third kappa shape index (κ3) is 3.65. The highest BCUT2D eigenvalue weighted by Gasteiger charge is 2.32. The van der Waals surface area contributed by atoms with Crippen LogP contribution in [-0.4, -0.2) is 22.4 Å². The Hall–Kier alpha value is -0.700. The fourth-order valence-corrected chi connectivity index (χ4v) is 3.41. The number of carbonyl (C=O) groups excluding carboxylic acids is 1. The summed E-state index contributed by atoms with van der Waals surface area (Å²) in [5.74, 6) is 1.59. The summed E-state index contributed by atoms with van der Waals surface area (Å²) in [6, 6.07) is 2.02. The number of carbonyl (C=O) groups is 1. The van der Waals surface area contributed by atoms with Crippen LogP contribution in [0.2, 0.25) is 0 Å². The van der Waals surface area contributed by atoms with E-state index in [1.807, 2.05) is 17.8 Å².